The molecule has 0 aromatic heterocycles. The molecule has 0 N–H and O–H groups in total. The van der Waals surface area contributed by atoms with E-state index in [1.54, 1.807) is 0 Å². The van der Waals surface area contributed by atoms with Gasteiger partial charge in [-0.15, -0.1) is 0 Å². The number of para-hydroxylation sites is 3. The van der Waals surface area contributed by atoms with Crippen molar-refractivity contribution in [3.63, 3.8) is 0 Å². The molecule has 5 aromatic rings. The van der Waals surface area contributed by atoms with E-state index in [4.69, 9.17) is 0 Å². The molecular formula is C32H25N. The highest BCUT2D eigenvalue weighted by Gasteiger charge is 2.46. The predicted octanol–water partition coefficient (Wildman–Crippen LogP) is 8.16. The Hall–Kier alpha value is -4.10. The number of hydrogen-bond donors (Lipinski definition) is 0. The van der Waals surface area contributed by atoms with Gasteiger partial charge in [-0.3, -0.25) is 0 Å². The predicted molar refractivity (Wildman–Crippen MR) is 138 cm³/mol. The molecule has 0 saturated carbocycles. The van der Waals surface area contributed by atoms with Crippen molar-refractivity contribution in [3.05, 3.63) is 161 Å². The third-order valence-electron chi connectivity index (χ3n) is 6.84. The fourth-order valence-electron chi connectivity index (χ4n) is 5.52. The smallest absolute Gasteiger partial charge is 0.0742 e. The van der Waals surface area contributed by atoms with Gasteiger partial charge in [-0.1, -0.05) is 115 Å². The number of nitrogens with zero attached hydrogens (tertiary/aromatic N) is 1. The van der Waals surface area contributed by atoms with Crippen LogP contribution in [0.2, 0.25) is 0 Å². The van der Waals surface area contributed by atoms with Gasteiger partial charge in [0, 0.05) is 5.69 Å². The zero-order chi connectivity index (χ0) is 22.3. The largest absolute Gasteiger partial charge is 0.310 e. The Bertz CT molecular complexity index is 1370. The number of benzene rings is 5. The Balaban J connectivity index is 1.81. The quantitative estimate of drug-likeness (QED) is 0.277. The summed E-state index contributed by atoms with van der Waals surface area (Å²) < 4.78 is 0. The van der Waals surface area contributed by atoms with Crippen molar-refractivity contribution in [2.75, 3.05) is 4.90 Å². The van der Waals surface area contributed by atoms with Crippen LogP contribution in [-0.4, -0.2) is 0 Å². The molecule has 1 heterocycles. The Morgan fingerprint density at radius 1 is 0.485 bits per heavy atom. The van der Waals surface area contributed by atoms with Gasteiger partial charge in [-0.25, -0.2) is 0 Å². The maximum absolute atomic E-state index is 2.43. The normalized spacial score (nSPS) is 13.8. The second-order valence-electron chi connectivity index (χ2n) is 8.64. The van der Waals surface area contributed by atoms with Crippen LogP contribution in [0, 0.1) is 6.92 Å². The second kappa shape index (κ2) is 7.79. The first-order chi connectivity index (χ1) is 16.3. The van der Waals surface area contributed by atoms with Gasteiger partial charge in [-0.2, -0.15) is 0 Å². The van der Waals surface area contributed by atoms with Crippen molar-refractivity contribution in [1.82, 2.24) is 0 Å². The first kappa shape index (κ1) is 19.6. The summed E-state index contributed by atoms with van der Waals surface area (Å²) in [6.07, 6.45) is 0. The molecule has 33 heavy (non-hydrogen) atoms. The minimum atomic E-state index is -0.411. The molecule has 158 valence electrons. The molecule has 0 amide bonds. The number of fused-ring (bicyclic) bond motifs is 2. The molecule has 0 radical (unpaired) electrons. The van der Waals surface area contributed by atoms with E-state index in [9.17, 15) is 0 Å². The van der Waals surface area contributed by atoms with Gasteiger partial charge in [0.1, 0.15) is 0 Å². The maximum Gasteiger partial charge on any atom is 0.0742 e. The Labute approximate surface area is 195 Å². The first-order valence-electron chi connectivity index (χ1n) is 11.5. The van der Waals surface area contributed by atoms with Crippen molar-refractivity contribution < 1.29 is 0 Å². The van der Waals surface area contributed by atoms with Crippen LogP contribution in [0.3, 0.4) is 0 Å². The fraction of sp³-hybridized carbons (Fsp3) is 0.0625. The Kier molecular flexibility index (Phi) is 4.62. The molecule has 6 rings (SSSR count). The zero-order valence-electron chi connectivity index (χ0n) is 18.6. The second-order valence-corrected chi connectivity index (χ2v) is 8.64. The minimum absolute atomic E-state index is 0.411. The molecule has 1 nitrogen and oxygen atoms in total. The molecule has 0 fully saturated rings. The Morgan fingerprint density at radius 3 is 1.64 bits per heavy atom. The molecule has 5 aromatic carbocycles. The highest BCUT2D eigenvalue weighted by Crippen LogP contribution is 2.58. The summed E-state index contributed by atoms with van der Waals surface area (Å²) in [7, 11) is 0. The highest BCUT2D eigenvalue weighted by atomic mass is 15.2. The number of rotatable bonds is 3. The monoisotopic (exact) mass is 423 g/mol. The number of aryl methyl sites for hydroxylation is 1. The molecule has 1 heteroatoms. The maximum atomic E-state index is 2.43. The third-order valence-corrected chi connectivity index (χ3v) is 6.84. The summed E-state index contributed by atoms with van der Waals surface area (Å²) in [5.74, 6) is 0. The lowest BCUT2D eigenvalue weighted by Crippen LogP contribution is -2.38. The summed E-state index contributed by atoms with van der Waals surface area (Å²) in [6.45, 7) is 2.23. The van der Waals surface area contributed by atoms with E-state index >= 15 is 0 Å². The molecule has 0 atom stereocenters. The van der Waals surface area contributed by atoms with Crippen molar-refractivity contribution in [2.24, 2.45) is 0 Å². The van der Waals surface area contributed by atoms with Crippen LogP contribution in [0.15, 0.2) is 133 Å². The van der Waals surface area contributed by atoms with Crippen molar-refractivity contribution in [1.29, 1.82) is 0 Å². The summed E-state index contributed by atoms with van der Waals surface area (Å²) in [4.78, 5) is 2.43. The minimum Gasteiger partial charge on any atom is -0.310 e. The number of hydrogen-bond acceptors (Lipinski definition) is 1. The fourth-order valence-corrected chi connectivity index (χ4v) is 5.52. The number of anilines is 3. The SMILES string of the molecule is Cc1cccc2c1N(c1ccccc1)c1ccccc1C2(c1ccccc1)c1ccccc1. The van der Waals surface area contributed by atoms with Gasteiger partial charge < -0.3 is 4.90 Å². The Morgan fingerprint density at radius 2 is 1.00 bits per heavy atom. The molecule has 0 aliphatic carbocycles. The summed E-state index contributed by atoms with van der Waals surface area (Å²) in [5.41, 5.74) is 9.68. The van der Waals surface area contributed by atoms with Gasteiger partial charge in [0.15, 0.2) is 0 Å². The lowest BCUT2D eigenvalue weighted by molar-refractivity contribution is 0.730. The average molecular weight is 424 g/mol. The zero-order valence-corrected chi connectivity index (χ0v) is 18.6. The van der Waals surface area contributed by atoms with E-state index < -0.39 is 5.41 Å². The van der Waals surface area contributed by atoms with Crippen LogP contribution < -0.4 is 4.90 Å². The molecule has 1 aliphatic rings. The van der Waals surface area contributed by atoms with Crippen LogP contribution in [0.1, 0.15) is 27.8 Å². The summed E-state index contributed by atoms with van der Waals surface area (Å²) in [6, 6.07) is 48.2. The molecule has 0 bridgehead atoms. The molecule has 0 spiro atoms. The molecular weight excluding hydrogens is 398 g/mol. The van der Waals surface area contributed by atoms with Gasteiger partial charge in [0.05, 0.1) is 16.8 Å². The lowest BCUT2D eigenvalue weighted by atomic mass is 9.62. The van der Waals surface area contributed by atoms with Crippen LogP contribution in [0.5, 0.6) is 0 Å². The van der Waals surface area contributed by atoms with Crippen molar-refractivity contribution >= 4 is 17.1 Å². The van der Waals surface area contributed by atoms with Gasteiger partial charge >= 0.3 is 0 Å². The molecule has 0 saturated heterocycles. The van der Waals surface area contributed by atoms with E-state index in [1.807, 2.05) is 0 Å². The van der Waals surface area contributed by atoms with Crippen molar-refractivity contribution in [2.45, 2.75) is 12.3 Å². The van der Waals surface area contributed by atoms with E-state index in [0.717, 1.165) is 0 Å². The molecule has 1 aliphatic heterocycles. The standard InChI is InChI=1S/C32H25N/c1-24-14-13-22-29-31(24)33(27-19-9-4-10-20-27)30-23-12-11-21-28(30)32(29,25-15-5-2-6-16-25)26-17-7-3-8-18-26/h2-23H,1H3. The van der Waals surface area contributed by atoms with E-state index in [0.29, 0.717) is 0 Å². The summed E-state index contributed by atoms with van der Waals surface area (Å²) >= 11 is 0. The van der Waals surface area contributed by atoms with Crippen molar-refractivity contribution in [3.8, 4) is 0 Å². The highest BCUT2D eigenvalue weighted by molar-refractivity contribution is 5.90. The first-order valence-corrected chi connectivity index (χ1v) is 11.5. The van der Waals surface area contributed by atoms with E-state index in [-0.39, 0.29) is 0 Å². The molecule has 0 unspecified atom stereocenters. The van der Waals surface area contributed by atoms with Gasteiger partial charge in [0.2, 0.25) is 0 Å². The van der Waals surface area contributed by atoms with Crippen LogP contribution in [0.4, 0.5) is 17.1 Å². The summed E-state index contributed by atoms with van der Waals surface area (Å²) in [5, 5.41) is 0. The third kappa shape index (κ3) is 2.86. The van der Waals surface area contributed by atoms with Gasteiger partial charge in [0.25, 0.3) is 0 Å². The van der Waals surface area contributed by atoms with Crippen LogP contribution >= 0.6 is 0 Å². The van der Waals surface area contributed by atoms with Gasteiger partial charge in [-0.05, 0) is 52.9 Å². The van der Waals surface area contributed by atoms with Crippen LogP contribution in [-0.2, 0) is 5.41 Å². The average Bonchev–Trinajstić information content (AvgIpc) is 2.89. The van der Waals surface area contributed by atoms with Crippen LogP contribution in [0.25, 0.3) is 0 Å². The van der Waals surface area contributed by atoms with E-state index in [1.165, 1.54) is 44.9 Å². The lowest BCUT2D eigenvalue weighted by Gasteiger charge is -2.47. The van der Waals surface area contributed by atoms with E-state index in [2.05, 4.69) is 145 Å². The topological polar surface area (TPSA) is 3.24 Å².